The van der Waals surface area contributed by atoms with E-state index in [1.807, 2.05) is 0 Å². The van der Waals surface area contributed by atoms with Gasteiger partial charge in [-0.2, -0.15) is 0 Å². The van der Waals surface area contributed by atoms with E-state index in [1.165, 1.54) is 43.3 Å². The van der Waals surface area contributed by atoms with Crippen molar-refractivity contribution in [3.8, 4) is 0 Å². The third-order valence-corrected chi connectivity index (χ3v) is 9.17. The van der Waals surface area contributed by atoms with Gasteiger partial charge in [-0.3, -0.25) is 0 Å². The van der Waals surface area contributed by atoms with Gasteiger partial charge >= 0.3 is 0 Å². The molecule has 6 heteroatoms. The maximum absolute atomic E-state index is 6.04. The Morgan fingerprint density at radius 1 is 1.15 bits per heavy atom. The molecule has 26 heavy (non-hydrogen) atoms. The largest absolute Gasteiger partial charge is 0.325 e. The van der Waals surface area contributed by atoms with Gasteiger partial charge in [-0.15, -0.1) is 0 Å². The van der Waals surface area contributed by atoms with Crippen LogP contribution in [0.3, 0.4) is 0 Å². The highest BCUT2D eigenvalue weighted by Crippen LogP contribution is 2.66. The van der Waals surface area contributed by atoms with Gasteiger partial charge in [0.1, 0.15) is 0 Å². The molecular weight excluding hydrogens is 358 g/mol. The summed E-state index contributed by atoms with van der Waals surface area (Å²) in [6, 6.07) is 0. The van der Waals surface area contributed by atoms with Crippen molar-refractivity contribution in [2.24, 2.45) is 28.6 Å². The Kier molecular flexibility index (Phi) is 5.44. The second-order valence-electron chi connectivity index (χ2n) is 9.16. The Morgan fingerprint density at radius 3 is 2.65 bits per heavy atom. The molecular formula is C20H28B2O2S2. The Balaban J connectivity index is 1.68. The highest BCUT2D eigenvalue weighted by molar-refractivity contribution is 8.16. The van der Waals surface area contributed by atoms with Gasteiger partial charge in [0.2, 0.25) is 14.2 Å². The van der Waals surface area contributed by atoms with E-state index in [1.54, 1.807) is 0 Å². The molecule has 0 aliphatic heterocycles. The summed E-state index contributed by atoms with van der Waals surface area (Å²) in [7, 11) is 11.3. The molecule has 0 aromatic carbocycles. The molecule has 3 fully saturated rings. The van der Waals surface area contributed by atoms with Crippen LogP contribution in [0, 0.1) is 28.6 Å². The van der Waals surface area contributed by atoms with Crippen molar-refractivity contribution in [3.05, 3.63) is 23.8 Å². The monoisotopic (exact) mass is 386 g/mol. The molecule has 4 rings (SSSR count). The van der Waals surface area contributed by atoms with E-state index in [-0.39, 0.29) is 17.6 Å². The minimum Gasteiger partial charge on any atom is -0.325 e. The SMILES string of the molecule is [B]SOC1CC2=CCC3C4CCC(=C)C4(C)CCC3C2(C)C(OS[B])C1. The van der Waals surface area contributed by atoms with Crippen molar-refractivity contribution in [3.63, 3.8) is 0 Å². The van der Waals surface area contributed by atoms with Crippen LogP contribution in [0.15, 0.2) is 23.8 Å². The maximum atomic E-state index is 6.04. The van der Waals surface area contributed by atoms with Gasteiger partial charge in [0, 0.05) is 11.8 Å². The lowest BCUT2D eigenvalue weighted by Crippen LogP contribution is -2.55. The molecule has 0 N–H and O–H groups in total. The second kappa shape index (κ2) is 7.24. The van der Waals surface area contributed by atoms with Crippen LogP contribution in [0.2, 0.25) is 0 Å². The number of hydrogen-bond donors (Lipinski definition) is 0. The summed E-state index contributed by atoms with van der Waals surface area (Å²) in [5, 5.41) is 0. The lowest BCUT2D eigenvalue weighted by Gasteiger charge is -2.59. The van der Waals surface area contributed by atoms with Gasteiger partial charge < -0.3 is 8.37 Å². The summed E-state index contributed by atoms with van der Waals surface area (Å²) in [6.45, 7) is 9.33. The third-order valence-electron chi connectivity index (χ3n) is 8.45. The van der Waals surface area contributed by atoms with Crippen LogP contribution in [0.25, 0.3) is 0 Å². The fourth-order valence-electron chi connectivity index (χ4n) is 6.92. The van der Waals surface area contributed by atoms with Crippen LogP contribution in [0.4, 0.5) is 0 Å². The van der Waals surface area contributed by atoms with E-state index in [0.29, 0.717) is 11.3 Å². The molecule has 2 nitrogen and oxygen atoms in total. The fourth-order valence-corrected chi connectivity index (χ4v) is 7.64. The number of fused-ring (bicyclic) bond motifs is 5. The lowest BCUT2D eigenvalue weighted by molar-refractivity contribution is -0.0749. The van der Waals surface area contributed by atoms with Crippen molar-refractivity contribution in [1.29, 1.82) is 0 Å². The Labute approximate surface area is 169 Å². The molecule has 138 valence electrons. The maximum Gasteiger partial charge on any atom is 0.203 e. The molecule has 0 spiro atoms. The van der Waals surface area contributed by atoms with Crippen molar-refractivity contribution < 1.29 is 8.37 Å². The van der Waals surface area contributed by atoms with Gasteiger partial charge in [-0.1, -0.05) is 61.4 Å². The molecule has 3 saturated carbocycles. The number of allylic oxidation sites excluding steroid dienone is 2. The second-order valence-corrected chi connectivity index (χ2v) is 9.93. The van der Waals surface area contributed by atoms with Crippen LogP contribution in [-0.2, 0) is 8.37 Å². The fraction of sp³-hybridized carbons (Fsp3) is 0.800. The van der Waals surface area contributed by atoms with Gasteiger partial charge in [-0.25, -0.2) is 0 Å². The molecule has 0 saturated heterocycles. The van der Waals surface area contributed by atoms with Gasteiger partial charge in [-0.05, 0) is 61.7 Å². The van der Waals surface area contributed by atoms with Crippen LogP contribution < -0.4 is 0 Å². The summed E-state index contributed by atoms with van der Waals surface area (Å²) in [5.41, 5.74) is 3.39. The van der Waals surface area contributed by atoms with Crippen molar-refractivity contribution in [1.82, 2.24) is 0 Å². The molecule has 4 aliphatic carbocycles. The lowest BCUT2D eigenvalue weighted by atomic mass is 9.47. The average Bonchev–Trinajstić information content (AvgIpc) is 2.92. The van der Waals surface area contributed by atoms with Crippen LogP contribution in [-0.4, -0.2) is 26.5 Å². The van der Waals surface area contributed by atoms with Crippen LogP contribution in [0.5, 0.6) is 0 Å². The van der Waals surface area contributed by atoms with Crippen LogP contribution >= 0.6 is 23.8 Å². The van der Waals surface area contributed by atoms with E-state index in [4.69, 9.17) is 22.6 Å². The first kappa shape index (κ1) is 19.5. The van der Waals surface area contributed by atoms with E-state index in [9.17, 15) is 0 Å². The Morgan fingerprint density at radius 2 is 1.92 bits per heavy atom. The Bertz CT molecular complexity index is 613. The zero-order chi connectivity index (χ0) is 18.5. The molecule has 7 atom stereocenters. The topological polar surface area (TPSA) is 18.5 Å². The zero-order valence-electron chi connectivity index (χ0n) is 15.9. The predicted octanol–water partition coefficient (Wildman–Crippen LogP) is 5.35. The summed E-state index contributed by atoms with van der Waals surface area (Å²) >= 11 is 1.98. The first-order valence-electron chi connectivity index (χ1n) is 9.87. The first-order chi connectivity index (χ1) is 12.4. The summed E-state index contributed by atoms with van der Waals surface area (Å²) in [4.78, 5) is 0. The minimum absolute atomic E-state index is 0.0552. The average molecular weight is 386 g/mol. The number of rotatable bonds is 4. The van der Waals surface area contributed by atoms with E-state index in [0.717, 1.165) is 48.5 Å². The van der Waals surface area contributed by atoms with Crippen molar-refractivity contribution in [2.75, 3.05) is 0 Å². The van der Waals surface area contributed by atoms with Crippen molar-refractivity contribution >= 4 is 38.0 Å². The minimum atomic E-state index is 0.0552. The summed E-state index contributed by atoms with van der Waals surface area (Å²) in [5.74, 6) is 2.16. The zero-order valence-corrected chi connectivity index (χ0v) is 17.5. The highest BCUT2D eigenvalue weighted by Gasteiger charge is 2.59. The normalized spacial score (nSPS) is 47.7. The smallest absolute Gasteiger partial charge is 0.203 e. The van der Waals surface area contributed by atoms with Crippen molar-refractivity contribution in [2.45, 2.75) is 71.0 Å². The van der Waals surface area contributed by atoms with Gasteiger partial charge in [0.15, 0.2) is 0 Å². The first-order valence-corrected chi connectivity index (χ1v) is 11.5. The molecule has 0 bridgehead atoms. The van der Waals surface area contributed by atoms with E-state index < -0.39 is 0 Å². The number of hydrogen-bond acceptors (Lipinski definition) is 4. The van der Waals surface area contributed by atoms with E-state index >= 15 is 0 Å². The summed E-state index contributed by atoms with van der Waals surface area (Å²) < 4.78 is 11.7. The molecule has 4 aliphatic rings. The third kappa shape index (κ3) is 2.81. The van der Waals surface area contributed by atoms with Crippen LogP contribution in [0.1, 0.15) is 58.8 Å². The quantitative estimate of drug-likeness (QED) is 0.368. The standard InChI is InChI=1S/C20H28B2O2S2/c1-12-4-7-16-15-6-5-13-10-14(23-25-21)11-18(24-26-22)20(13,3)17(15)8-9-19(12,16)2/h5,14-18H,1,4,6-11H2,2-3H3. The van der Waals surface area contributed by atoms with Gasteiger partial charge in [0.05, 0.1) is 12.2 Å². The molecule has 0 heterocycles. The predicted molar refractivity (Wildman–Crippen MR) is 113 cm³/mol. The molecule has 4 radical (unpaired) electrons. The van der Waals surface area contributed by atoms with Gasteiger partial charge in [0.25, 0.3) is 0 Å². The summed E-state index contributed by atoms with van der Waals surface area (Å²) in [6.07, 6.45) is 10.7. The Hall–Kier alpha value is 0.230. The molecule has 0 amide bonds. The molecule has 0 aromatic heterocycles. The molecule has 7 unspecified atom stereocenters. The highest BCUT2D eigenvalue weighted by atomic mass is 32.2. The molecule has 0 aromatic rings. The van der Waals surface area contributed by atoms with E-state index in [2.05, 4.69) is 26.5 Å².